The molecule has 0 bridgehead atoms. The standard InChI is InChI=1S/C62H45NO/c1-42-33-38-59(56(39-42)51-28-14-13-27-50(51)49-26-12-11-25-48(49)43-19-5-2-6-20-43)63(47-34-36-54-53-30-16-18-32-60(53)64-61(54)41-47)46-35-37-58-55(40-46)52-29-15-17-31-57(52)62(58,44-21-7-3-8-22-44)45-23-9-4-10-24-45/h2-38,40-42H,39H2,1H3. The molecule has 0 spiro atoms. The van der Waals surface area contributed by atoms with E-state index in [1.807, 2.05) is 6.07 Å². The zero-order chi connectivity index (χ0) is 42.6. The van der Waals surface area contributed by atoms with Gasteiger partial charge >= 0.3 is 0 Å². The summed E-state index contributed by atoms with van der Waals surface area (Å²) in [6.07, 6.45) is 5.63. The van der Waals surface area contributed by atoms with Gasteiger partial charge in [-0.2, -0.15) is 0 Å². The van der Waals surface area contributed by atoms with Gasteiger partial charge in [0.1, 0.15) is 11.2 Å². The first kappa shape index (κ1) is 37.8. The molecule has 0 N–H and O–H groups in total. The van der Waals surface area contributed by atoms with Crippen LogP contribution in [0.4, 0.5) is 11.4 Å². The van der Waals surface area contributed by atoms with Crippen LogP contribution in [0.15, 0.2) is 247 Å². The van der Waals surface area contributed by atoms with E-state index in [4.69, 9.17) is 4.42 Å². The third-order valence-electron chi connectivity index (χ3n) is 13.5. The average molecular weight is 820 g/mol. The van der Waals surface area contributed by atoms with Crippen molar-refractivity contribution in [3.63, 3.8) is 0 Å². The number of para-hydroxylation sites is 1. The zero-order valence-corrected chi connectivity index (χ0v) is 35.7. The molecule has 2 aliphatic rings. The van der Waals surface area contributed by atoms with Crippen molar-refractivity contribution in [3.8, 4) is 33.4 Å². The summed E-state index contributed by atoms with van der Waals surface area (Å²) in [6.45, 7) is 2.33. The Labute approximate surface area is 374 Å². The van der Waals surface area contributed by atoms with E-state index >= 15 is 0 Å². The third kappa shape index (κ3) is 6.02. The minimum Gasteiger partial charge on any atom is -0.456 e. The van der Waals surface area contributed by atoms with Crippen molar-refractivity contribution in [1.29, 1.82) is 0 Å². The maximum atomic E-state index is 6.61. The number of hydrogen-bond donors (Lipinski definition) is 0. The van der Waals surface area contributed by atoms with Gasteiger partial charge < -0.3 is 9.32 Å². The minimum absolute atomic E-state index is 0.347. The molecule has 2 heteroatoms. The van der Waals surface area contributed by atoms with E-state index in [2.05, 4.69) is 242 Å². The normalized spacial score (nSPS) is 15.0. The highest BCUT2D eigenvalue weighted by atomic mass is 16.3. The van der Waals surface area contributed by atoms with Crippen LogP contribution in [0.1, 0.15) is 41.2 Å². The lowest BCUT2D eigenvalue weighted by atomic mass is 9.68. The van der Waals surface area contributed by atoms with E-state index in [0.29, 0.717) is 5.92 Å². The lowest BCUT2D eigenvalue weighted by Gasteiger charge is -2.35. The predicted molar refractivity (Wildman–Crippen MR) is 267 cm³/mol. The summed E-state index contributed by atoms with van der Waals surface area (Å²) >= 11 is 0. The fourth-order valence-corrected chi connectivity index (χ4v) is 10.7. The van der Waals surface area contributed by atoms with Crippen molar-refractivity contribution < 1.29 is 4.42 Å². The van der Waals surface area contributed by atoms with Crippen molar-refractivity contribution >= 4 is 38.9 Å². The van der Waals surface area contributed by atoms with Crippen LogP contribution in [-0.4, -0.2) is 0 Å². The largest absolute Gasteiger partial charge is 0.456 e. The van der Waals surface area contributed by atoms with Crippen LogP contribution in [-0.2, 0) is 5.41 Å². The minimum atomic E-state index is -0.485. The van der Waals surface area contributed by atoms with Gasteiger partial charge in [-0.1, -0.05) is 201 Å². The quantitative estimate of drug-likeness (QED) is 0.152. The van der Waals surface area contributed by atoms with Crippen LogP contribution in [0.25, 0.3) is 60.9 Å². The van der Waals surface area contributed by atoms with E-state index < -0.39 is 5.41 Å². The molecule has 1 aromatic heterocycles. The first-order valence-electron chi connectivity index (χ1n) is 22.4. The van der Waals surface area contributed by atoms with Crippen molar-refractivity contribution in [3.05, 3.63) is 270 Å². The van der Waals surface area contributed by atoms with Gasteiger partial charge in [0.15, 0.2) is 0 Å². The Morgan fingerprint density at radius 2 is 0.969 bits per heavy atom. The van der Waals surface area contributed by atoms with E-state index in [0.717, 1.165) is 45.4 Å². The van der Waals surface area contributed by atoms with Crippen LogP contribution in [0, 0.1) is 5.92 Å². The SMILES string of the molecule is CC1C=CC(N(c2ccc3c(c2)-c2ccccc2C3(c2ccccc2)c2ccccc2)c2ccc3c(c2)oc2ccccc23)=C(c2ccccc2-c2ccccc2-c2ccccc2)C1. The van der Waals surface area contributed by atoms with Gasteiger partial charge in [0.25, 0.3) is 0 Å². The molecule has 0 amide bonds. The van der Waals surface area contributed by atoms with Gasteiger partial charge in [-0.15, -0.1) is 0 Å². The number of hydrogen-bond acceptors (Lipinski definition) is 2. The van der Waals surface area contributed by atoms with E-state index in [9.17, 15) is 0 Å². The molecule has 10 aromatic rings. The molecule has 2 nitrogen and oxygen atoms in total. The predicted octanol–water partition coefficient (Wildman–Crippen LogP) is 16.4. The lowest BCUT2D eigenvalue weighted by Crippen LogP contribution is -2.28. The molecule has 1 heterocycles. The van der Waals surface area contributed by atoms with E-state index in [-0.39, 0.29) is 0 Å². The topological polar surface area (TPSA) is 16.4 Å². The zero-order valence-electron chi connectivity index (χ0n) is 35.7. The highest BCUT2D eigenvalue weighted by molar-refractivity contribution is 6.06. The van der Waals surface area contributed by atoms with Crippen LogP contribution < -0.4 is 4.90 Å². The molecule has 0 saturated carbocycles. The van der Waals surface area contributed by atoms with Crippen molar-refractivity contribution in [2.75, 3.05) is 4.90 Å². The molecule has 1 atom stereocenters. The fraction of sp³-hybridized carbons (Fsp3) is 0.0645. The Hall–Kier alpha value is -7.94. The first-order valence-corrected chi connectivity index (χ1v) is 22.4. The first-order chi connectivity index (χ1) is 31.7. The van der Waals surface area contributed by atoms with Crippen molar-refractivity contribution in [2.24, 2.45) is 5.92 Å². The monoisotopic (exact) mass is 819 g/mol. The van der Waals surface area contributed by atoms with Crippen molar-refractivity contribution in [2.45, 2.75) is 18.8 Å². The Balaban J connectivity index is 1.12. The van der Waals surface area contributed by atoms with Crippen molar-refractivity contribution in [1.82, 2.24) is 0 Å². The molecule has 64 heavy (non-hydrogen) atoms. The summed E-state index contributed by atoms with van der Waals surface area (Å²) in [5, 5.41) is 2.24. The molecule has 0 fully saturated rings. The van der Waals surface area contributed by atoms with Gasteiger partial charge in [-0.25, -0.2) is 0 Å². The second-order valence-electron chi connectivity index (χ2n) is 17.2. The number of furan rings is 1. The highest BCUT2D eigenvalue weighted by Crippen LogP contribution is 2.57. The van der Waals surface area contributed by atoms with Gasteiger partial charge in [-0.3, -0.25) is 0 Å². The van der Waals surface area contributed by atoms with Gasteiger partial charge in [0.2, 0.25) is 0 Å². The maximum absolute atomic E-state index is 6.61. The van der Waals surface area contributed by atoms with Crippen LogP contribution in [0.2, 0.25) is 0 Å². The van der Waals surface area contributed by atoms with Crippen LogP contribution >= 0.6 is 0 Å². The second kappa shape index (κ2) is 15.4. The number of allylic oxidation sites excluding steroid dienone is 3. The molecule has 9 aromatic carbocycles. The number of benzene rings is 9. The molecular weight excluding hydrogens is 775 g/mol. The average Bonchev–Trinajstić information content (AvgIpc) is 3.88. The molecule has 0 saturated heterocycles. The summed E-state index contributed by atoms with van der Waals surface area (Å²) in [6, 6.07) is 82.0. The van der Waals surface area contributed by atoms with Gasteiger partial charge in [0.05, 0.1) is 5.41 Å². The maximum Gasteiger partial charge on any atom is 0.137 e. The lowest BCUT2D eigenvalue weighted by molar-refractivity contribution is 0.669. The van der Waals surface area contributed by atoms with Crippen LogP contribution in [0.5, 0.6) is 0 Å². The van der Waals surface area contributed by atoms with Crippen LogP contribution in [0.3, 0.4) is 0 Å². The summed E-state index contributed by atoms with van der Waals surface area (Å²) < 4.78 is 6.61. The third-order valence-corrected chi connectivity index (χ3v) is 13.5. The molecule has 0 aliphatic heterocycles. The molecule has 12 rings (SSSR count). The van der Waals surface area contributed by atoms with E-state index in [1.165, 1.54) is 66.8 Å². The Kier molecular flexibility index (Phi) is 9.12. The van der Waals surface area contributed by atoms with E-state index in [1.54, 1.807) is 0 Å². The number of nitrogens with zero attached hydrogens (tertiary/aromatic N) is 1. The summed E-state index contributed by atoms with van der Waals surface area (Å²) in [5.74, 6) is 0.347. The molecule has 0 radical (unpaired) electrons. The molecular formula is C62H45NO. The summed E-state index contributed by atoms with van der Waals surface area (Å²) in [4.78, 5) is 2.48. The summed E-state index contributed by atoms with van der Waals surface area (Å²) in [5.41, 5.74) is 19.6. The number of fused-ring (bicyclic) bond motifs is 6. The fourth-order valence-electron chi connectivity index (χ4n) is 10.7. The molecule has 304 valence electrons. The highest BCUT2D eigenvalue weighted by Gasteiger charge is 2.46. The smallest absolute Gasteiger partial charge is 0.137 e. The number of rotatable bonds is 8. The molecule has 1 unspecified atom stereocenters. The Morgan fingerprint density at radius 1 is 0.438 bits per heavy atom. The Morgan fingerprint density at radius 3 is 1.70 bits per heavy atom. The van der Waals surface area contributed by atoms with Gasteiger partial charge in [0, 0.05) is 33.9 Å². The molecule has 2 aliphatic carbocycles. The summed E-state index contributed by atoms with van der Waals surface area (Å²) in [7, 11) is 0. The Bertz CT molecular complexity index is 3390. The second-order valence-corrected chi connectivity index (χ2v) is 17.2. The van der Waals surface area contributed by atoms with Gasteiger partial charge in [-0.05, 0) is 116 Å². The number of anilines is 2.